The first-order valence-corrected chi connectivity index (χ1v) is 11.3. The SMILES string of the molecule is CN=C(NCCOc1cccc(NC(C)=O)c1)NC1CCN(Cc2ccccc2)C(C)C1.I. The molecule has 1 aliphatic heterocycles. The van der Waals surface area contributed by atoms with E-state index in [-0.39, 0.29) is 29.9 Å². The number of amides is 1. The van der Waals surface area contributed by atoms with Crippen molar-refractivity contribution in [3.05, 3.63) is 60.2 Å². The summed E-state index contributed by atoms with van der Waals surface area (Å²) in [6.07, 6.45) is 2.17. The summed E-state index contributed by atoms with van der Waals surface area (Å²) < 4.78 is 5.80. The molecule has 3 rings (SSSR count). The van der Waals surface area contributed by atoms with E-state index in [4.69, 9.17) is 4.74 Å². The molecule has 3 N–H and O–H groups in total. The van der Waals surface area contributed by atoms with Crippen LogP contribution in [0.3, 0.4) is 0 Å². The molecule has 0 spiro atoms. The molecule has 0 aromatic heterocycles. The molecule has 1 amide bonds. The van der Waals surface area contributed by atoms with Gasteiger partial charge in [0.05, 0.1) is 6.54 Å². The third-order valence-corrected chi connectivity index (χ3v) is 5.62. The number of halogens is 1. The fourth-order valence-corrected chi connectivity index (χ4v) is 4.00. The molecule has 0 bridgehead atoms. The molecule has 0 saturated carbocycles. The lowest BCUT2D eigenvalue weighted by atomic mass is 9.97. The van der Waals surface area contributed by atoms with Crippen LogP contribution in [-0.4, -0.2) is 55.6 Å². The Labute approximate surface area is 214 Å². The first-order valence-electron chi connectivity index (χ1n) is 11.3. The van der Waals surface area contributed by atoms with Gasteiger partial charge in [0, 0.05) is 50.9 Å². The topological polar surface area (TPSA) is 78.0 Å². The molecular formula is C25H36IN5O2. The van der Waals surface area contributed by atoms with Gasteiger partial charge in [0.2, 0.25) is 5.91 Å². The first-order chi connectivity index (χ1) is 15.5. The molecule has 2 aromatic carbocycles. The van der Waals surface area contributed by atoms with E-state index in [1.54, 1.807) is 7.05 Å². The van der Waals surface area contributed by atoms with Crippen LogP contribution in [0.2, 0.25) is 0 Å². The molecule has 33 heavy (non-hydrogen) atoms. The number of carbonyl (C=O) groups excluding carboxylic acids is 1. The highest BCUT2D eigenvalue weighted by atomic mass is 127. The summed E-state index contributed by atoms with van der Waals surface area (Å²) >= 11 is 0. The van der Waals surface area contributed by atoms with Crippen molar-refractivity contribution in [2.75, 3.05) is 32.1 Å². The maximum atomic E-state index is 11.2. The zero-order chi connectivity index (χ0) is 22.8. The van der Waals surface area contributed by atoms with Crippen LogP contribution in [0.4, 0.5) is 5.69 Å². The minimum Gasteiger partial charge on any atom is -0.492 e. The predicted octanol–water partition coefficient (Wildman–Crippen LogP) is 3.86. The molecule has 0 aliphatic carbocycles. The van der Waals surface area contributed by atoms with E-state index in [9.17, 15) is 4.79 Å². The molecule has 180 valence electrons. The molecular weight excluding hydrogens is 529 g/mol. The number of carbonyl (C=O) groups is 1. The largest absolute Gasteiger partial charge is 0.492 e. The Kier molecular flexibility index (Phi) is 11.5. The van der Waals surface area contributed by atoms with Crippen LogP contribution in [0.25, 0.3) is 0 Å². The quantitative estimate of drug-likeness (QED) is 0.196. The fraction of sp³-hybridized carbons (Fsp3) is 0.440. The van der Waals surface area contributed by atoms with Crippen LogP contribution in [0, 0.1) is 0 Å². The van der Waals surface area contributed by atoms with Gasteiger partial charge in [-0.3, -0.25) is 14.7 Å². The number of nitrogens with zero attached hydrogens (tertiary/aromatic N) is 2. The smallest absolute Gasteiger partial charge is 0.221 e. The monoisotopic (exact) mass is 565 g/mol. The Balaban J connectivity index is 0.00000385. The van der Waals surface area contributed by atoms with Gasteiger partial charge in [-0.05, 0) is 37.5 Å². The molecule has 2 aromatic rings. The standard InChI is InChI=1S/C25H35N5O2.HI/c1-19-16-23(12-14-30(19)18-21-8-5-4-6-9-21)29-25(26-3)27-13-15-32-24-11-7-10-22(17-24)28-20(2)31;/h4-11,17,19,23H,12-16,18H2,1-3H3,(H,28,31)(H2,26,27,29);1H. The minimum absolute atomic E-state index is 0. The Morgan fingerprint density at radius 1 is 1.18 bits per heavy atom. The number of hydrogen-bond acceptors (Lipinski definition) is 4. The highest BCUT2D eigenvalue weighted by molar-refractivity contribution is 14.0. The number of piperidine rings is 1. The summed E-state index contributed by atoms with van der Waals surface area (Å²) in [4.78, 5) is 18.1. The average Bonchev–Trinajstić information content (AvgIpc) is 2.78. The Morgan fingerprint density at radius 2 is 1.97 bits per heavy atom. The van der Waals surface area contributed by atoms with E-state index in [0.29, 0.717) is 25.2 Å². The predicted molar refractivity (Wildman–Crippen MR) is 145 cm³/mol. The first kappa shape index (κ1) is 26.9. The van der Waals surface area contributed by atoms with Gasteiger partial charge < -0.3 is 20.7 Å². The van der Waals surface area contributed by atoms with E-state index in [1.807, 2.05) is 24.3 Å². The zero-order valence-corrected chi connectivity index (χ0v) is 22.0. The number of ether oxygens (including phenoxy) is 1. The molecule has 7 nitrogen and oxygen atoms in total. The van der Waals surface area contributed by atoms with E-state index in [0.717, 1.165) is 43.3 Å². The van der Waals surface area contributed by atoms with Crippen molar-refractivity contribution in [1.29, 1.82) is 0 Å². The van der Waals surface area contributed by atoms with Gasteiger partial charge in [-0.15, -0.1) is 24.0 Å². The van der Waals surface area contributed by atoms with Crippen LogP contribution in [0.15, 0.2) is 59.6 Å². The molecule has 2 unspecified atom stereocenters. The van der Waals surface area contributed by atoms with Crippen molar-refractivity contribution in [1.82, 2.24) is 15.5 Å². The molecule has 1 heterocycles. The Hall–Kier alpha value is -2.33. The molecule has 0 radical (unpaired) electrons. The van der Waals surface area contributed by atoms with Gasteiger partial charge in [-0.1, -0.05) is 36.4 Å². The van der Waals surface area contributed by atoms with Crippen LogP contribution in [-0.2, 0) is 11.3 Å². The normalized spacial score (nSPS) is 18.7. The Morgan fingerprint density at radius 3 is 2.67 bits per heavy atom. The van der Waals surface area contributed by atoms with Gasteiger partial charge in [0.15, 0.2) is 5.96 Å². The second-order valence-electron chi connectivity index (χ2n) is 8.23. The van der Waals surface area contributed by atoms with Crippen LogP contribution >= 0.6 is 24.0 Å². The number of guanidine groups is 1. The number of rotatable bonds is 8. The van der Waals surface area contributed by atoms with Crippen LogP contribution < -0.4 is 20.7 Å². The third-order valence-electron chi connectivity index (χ3n) is 5.62. The molecule has 1 fully saturated rings. The number of anilines is 1. The van der Waals surface area contributed by atoms with Crippen molar-refractivity contribution in [2.45, 2.75) is 45.3 Å². The number of hydrogen-bond donors (Lipinski definition) is 3. The van der Waals surface area contributed by atoms with Gasteiger partial charge in [0.1, 0.15) is 12.4 Å². The molecule has 1 saturated heterocycles. The van der Waals surface area contributed by atoms with E-state index in [1.165, 1.54) is 12.5 Å². The van der Waals surface area contributed by atoms with Crippen LogP contribution in [0.5, 0.6) is 5.75 Å². The van der Waals surface area contributed by atoms with Crippen molar-refractivity contribution >= 4 is 41.5 Å². The minimum atomic E-state index is -0.0982. The van der Waals surface area contributed by atoms with E-state index >= 15 is 0 Å². The summed E-state index contributed by atoms with van der Waals surface area (Å²) in [5, 5.41) is 9.65. The van der Waals surface area contributed by atoms with Crippen LogP contribution in [0.1, 0.15) is 32.3 Å². The van der Waals surface area contributed by atoms with E-state index in [2.05, 4.69) is 63.1 Å². The lowest BCUT2D eigenvalue weighted by molar-refractivity contribution is -0.114. The lowest BCUT2D eigenvalue weighted by Crippen LogP contribution is -2.51. The number of benzene rings is 2. The summed E-state index contributed by atoms with van der Waals surface area (Å²) in [6.45, 7) is 6.99. The summed E-state index contributed by atoms with van der Waals surface area (Å²) in [7, 11) is 1.79. The maximum absolute atomic E-state index is 11.2. The fourth-order valence-electron chi connectivity index (χ4n) is 4.00. The van der Waals surface area contributed by atoms with Crippen molar-refractivity contribution in [3.63, 3.8) is 0 Å². The summed E-state index contributed by atoms with van der Waals surface area (Å²) in [5.74, 6) is 1.42. The average molecular weight is 566 g/mol. The number of aliphatic imine (C=N–C) groups is 1. The number of likely N-dealkylation sites (tertiary alicyclic amines) is 1. The lowest BCUT2D eigenvalue weighted by Gasteiger charge is -2.38. The highest BCUT2D eigenvalue weighted by Gasteiger charge is 2.25. The van der Waals surface area contributed by atoms with Crippen molar-refractivity contribution in [2.24, 2.45) is 4.99 Å². The molecule has 2 atom stereocenters. The van der Waals surface area contributed by atoms with E-state index < -0.39 is 0 Å². The number of nitrogens with one attached hydrogen (secondary N) is 3. The highest BCUT2D eigenvalue weighted by Crippen LogP contribution is 2.20. The zero-order valence-electron chi connectivity index (χ0n) is 19.7. The third kappa shape index (κ3) is 9.21. The Bertz CT molecular complexity index is 893. The summed E-state index contributed by atoms with van der Waals surface area (Å²) in [5.41, 5.74) is 2.10. The molecule has 1 aliphatic rings. The van der Waals surface area contributed by atoms with Gasteiger partial charge in [-0.2, -0.15) is 0 Å². The van der Waals surface area contributed by atoms with Gasteiger partial charge in [0.25, 0.3) is 0 Å². The second kappa shape index (κ2) is 14.0. The maximum Gasteiger partial charge on any atom is 0.221 e. The summed E-state index contributed by atoms with van der Waals surface area (Å²) in [6, 6.07) is 19.0. The van der Waals surface area contributed by atoms with Crippen molar-refractivity contribution in [3.8, 4) is 5.75 Å². The van der Waals surface area contributed by atoms with Gasteiger partial charge >= 0.3 is 0 Å². The molecule has 8 heteroatoms. The van der Waals surface area contributed by atoms with Crippen molar-refractivity contribution < 1.29 is 9.53 Å². The second-order valence-corrected chi connectivity index (χ2v) is 8.23. The van der Waals surface area contributed by atoms with Gasteiger partial charge in [-0.25, -0.2) is 0 Å².